The number of thioether (sulfide) groups is 1. The van der Waals surface area contributed by atoms with Gasteiger partial charge in [0.25, 0.3) is 0 Å². The Morgan fingerprint density at radius 3 is 2.89 bits per heavy atom. The SMILES string of the molecule is Cc1ccc(NC(=O)CSc2ccccn2)cc1Cl. The third-order valence-corrected chi connectivity index (χ3v) is 3.80. The van der Waals surface area contributed by atoms with Crippen LogP contribution in [0.4, 0.5) is 5.69 Å². The fourth-order valence-electron chi connectivity index (χ4n) is 1.44. The van der Waals surface area contributed by atoms with E-state index in [0.29, 0.717) is 16.5 Å². The Bertz CT molecular complexity index is 575. The van der Waals surface area contributed by atoms with Gasteiger partial charge in [0.15, 0.2) is 0 Å². The summed E-state index contributed by atoms with van der Waals surface area (Å²) in [6.07, 6.45) is 1.71. The van der Waals surface area contributed by atoms with Crippen molar-refractivity contribution in [2.24, 2.45) is 0 Å². The lowest BCUT2D eigenvalue weighted by Gasteiger charge is -2.06. The fraction of sp³-hybridized carbons (Fsp3) is 0.143. The van der Waals surface area contributed by atoms with Crippen LogP contribution in [-0.4, -0.2) is 16.6 Å². The molecule has 0 aliphatic heterocycles. The number of nitrogens with zero attached hydrogens (tertiary/aromatic N) is 1. The van der Waals surface area contributed by atoms with Crippen molar-refractivity contribution in [1.29, 1.82) is 0 Å². The van der Waals surface area contributed by atoms with Gasteiger partial charge in [0.1, 0.15) is 0 Å². The molecule has 0 spiro atoms. The van der Waals surface area contributed by atoms with Gasteiger partial charge in [-0.25, -0.2) is 4.98 Å². The van der Waals surface area contributed by atoms with E-state index in [1.165, 1.54) is 11.8 Å². The predicted octanol–water partition coefficient (Wildman–Crippen LogP) is 3.77. The monoisotopic (exact) mass is 292 g/mol. The first-order valence-corrected chi connectivity index (χ1v) is 7.11. The smallest absolute Gasteiger partial charge is 0.234 e. The highest BCUT2D eigenvalue weighted by Gasteiger charge is 2.05. The predicted molar refractivity (Wildman–Crippen MR) is 79.8 cm³/mol. The number of aryl methyl sites for hydroxylation is 1. The summed E-state index contributed by atoms with van der Waals surface area (Å²) in [7, 11) is 0. The Morgan fingerprint density at radius 2 is 2.21 bits per heavy atom. The van der Waals surface area contributed by atoms with E-state index >= 15 is 0 Å². The molecular formula is C14H13ClN2OS. The van der Waals surface area contributed by atoms with E-state index in [-0.39, 0.29) is 5.91 Å². The second kappa shape index (κ2) is 6.59. The summed E-state index contributed by atoms with van der Waals surface area (Å²) < 4.78 is 0. The summed E-state index contributed by atoms with van der Waals surface area (Å²) in [5.74, 6) is 0.248. The number of benzene rings is 1. The third-order valence-electron chi connectivity index (χ3n) is 2.44. The van der Waals surface area contributed by atoms with E-state index in [2.05, 4.69) is 10.3 Å². The number of hydrogen-bond donors (Lipinski definition) is 1. The van der Waals surface area contributed by atoms with Gasteiger partial charge < -0.3 is 5.32 Å². The average Bonchev–Trinajstić information content (AvgIpc) is 2.42. The van der Waals surface area contributed by atoms with Crippen molar-refractivity contribution < 1.29 is 4.79 Å². The van der Waals surface area contributed by atoms with Crippen LogP contribution in [0.3, 0.4) is 0 Å². The Balaban J connectivity index is 1.89. The van der Waals surface area contributed by atoms with E-state index in [1.54, 1.807) is 12.3 Å². The number of halogens is 1. The van der Waals surface area contributed by atoms with Crippen molar-refractivity contribution in [2.75, 3.05) is 11.1 Å². The molecular weight excluding hydrogens is 280 g/mol. The van der Waals surface area contributed by atoms with Gasteiger partial charge in [-0.15, -0.1) is 0 Å². The summed E-state index contributed by atoms with van der Waals surface area (Å²) in [6.45, 7) is 1.92. The van der Waals surface area contributed by atoms with Crippen molar-refractivity contribution in [2.45, 2.75) is 11.9 Å². The number of nitrogens with one attached hydrogen (secondary N) is 1. The summed E-state index contributed by atoms with van der Waals surface area (Å²) >= 11 is 7.40. The molecule has 2 aromatic rings. The first kappa shape index (κ1) is 13.9. The first-order chi connectivity index (χ1) is 9.15. The molecule has 0 unspecified atom stereocenters. The lowest BCUT2D eigenvalue weighted by atomic mass is 10.2. The number of aromatic nitrogens is 1. The van der Waals surface area contributed by atoms with Gasteiger partial charge in [-0.05, 0) is 36.8 Å². The van der Waals surface area contributed by atoms with Crippen molar-refractivity contribution in [3.05, 3.63) is 53.2 Å². The minimum Gasteiger partial charge on any atom is -0.325 e. The molecule has 0 saturated heterocycles. The van der Waals surface area contributed by atoms with Crippen LogP contribution < -0.4 is 5.32 Å². The van der Waals surface area contributed by atoms with E-state index in [0.717, 1.165) is 10.6 Å². The molecule has 98 valence electrons. The molecule has 0 saturated carbocycles. The number of carbonyl (C=O) groups is 1. The normalized spacial score (nSPS) is 10.2. The zero-order valence-corrected chi connectivity index (χ0v) is 12.0. The van der Waals surface area contributed by atoms with Crippen molar-refractivity contribution >= 4 is 35.0 Å². The minimum absolute atomic E-state index is 0.0735. The van der Waals surface area contributed by atoms with Gasteiger partial charge in [-0.2, -0.15) is 0 Å². The summed E-state index contributed by atoms with van der Waals surface area (Å²) in [5.41, 5.74) is 1.70. The molecule has 0 aliphatic rings. The highest BCUT2D eigenvalue weighted by atomic mass is 35.5. The minimum atomic E-state index is -0.0735. The van der Waals surface area contributed by atoms with E-state index in [9.17, 15) is 4.79 Å². The maximum atomic E-state index is 11.8. The van der Waals surface area contributed by atoms with Crippen LogP contribution in [0.1, 0.15) is 5.56 Å². The number of carbonyl (C=O) groups excluding carboxylic acids is 1. The van der Waals surface area contributed by atoms with Crippen LogP contribution in [0.5, 0.6) is 0 Å². The summed E-state index contributed by atoms with van der Waals surface area (Å²) in [4.78, 5) is 15.9. The van der Waals surface area contributed by atoms with Gasteiger partial charge >= 0.3 is 0 Å². The maximum absolute atomic E-state index is 11.8. The molecule has 2 rings (SSSR count). The van der Waals surface area contributed by atoms with E-state index in [1.807, 2.05) is 37.3 Å². The number of rotatable bonds is 4. The molecule has 1 amide bonds. The molecule has 0 bridgehead atoms. The molecule has 1 heterocycles. The van der Waals surface area contributed by atoms with Crippen LogP contribution >= 0.6 is 23.4 Å². The van der Waals surface area contributed by atoms with E-state index < -0.39 is 0 Å². The van der Waals surface area contributed by atoms with Gasteiger partial charge in [0.05, 0.1) is 10.8 Å². The third kappa shape index (κ3) is 4.26. The Morgan fingerprint density at radius 1 is 1.37 bits per heavy atom. The average molecular weight is 293 g/mol. The molecule has 1 aromatic carbocycles. The Hall–Kier alpha value is -1.52. The van der Waals surface area contributed by atoms with Crippen molar-refractivity contribution in [3.8, 4) is 0 Å². The molecule has 3 nitrogen and oxygen atoms in total. The number of anilines is 1. The molecule has 0 radical (unpaired) electrons. The molecule has 0 atom stereocenters. The molecule has 1 aromatic heterocycles. The number of hydrogen-bond acceptors (Lipinski definition) is 3. The van der Waals surface area contributed by atoms with Crippen LogP contribution in [-0.2, 0) is 4.79 Å². The van der Waals surface area contributed by atoms with Crippen molar-refractivity contribution in [1.82, 2.24) is 4.98 Å². The van der Waals surface area contributed by atoms with Gasteiger partial charge in [0, 0.05) is 16.9 Å². The quantitative estimate of drug-likeness (QED) is 0.872. The Kier molecular flexibility index (Phi) is 4.82. The topological polar surface area (TPSA) is 42.0 Å². The van der Waals surface area contributed by atoms with Gasteiger partial charge in [0.2, 0.25) is 5.91 Å². The molecule has 0 aliphatic carbocycles. The second-order valence-corrected chi connectivity index (χ2v) is 5.37. The first-order valence-electron chi connectivity index (χ1n) is 5.75. The largest absolute Gasteiger partial charge is 0.325 e. The molecule has 1 N–H and O–H groups in total. The lowest BCUT2D eigenvalue weighted by molar-refractivity contribution is -0.113. The second-order valence-electron chi connectivity index (χ2n) is 3.97. The maximum Gasteiger partial charge on any atom is 0.234 e. The van der Waals surface area contributed by atoms with Crippen LogP contribution in [0.15, 0.2) is 47.6 Å². The molecule has 5 heteroatoms. The highest BCUT2D eigenvalue weighted by Crippen LogP contribution is 2.20. The van der Waals surface area contributed by atoms with Crippen LogP contribution in [0.2, 0.25) is 5.02 Å². The molecule has 0 fully saturated rings. The summed E-state index contributed by atoms with van der Waals surface area (Å²) in [6, 6.07) is 11.1. The van der Waals surface area contributed by atoms with Crippen LogP contribution in [0, 0.1) is 6.92 Å². The zero-order valence-electron chi connectivity index (χ0n) is 10.4. The Labute approximate surface area is 121 Å². The van der Waals surface area contributed by atoms with Crippen LogP contribution in [0.25, 0.3) is 0 Å². The van der Waals surface area contributed by atoms with E-state index in [4.69, 9.17) is 11.6 Å². The fourth-order valence-corrected chi connectivity index (χ4v) is 2.28. The van der Waals surface area contributed by atoms with Gasteiger partial charge in [-0.1, -0.05) is 35.5 Å². The number of amides is 1. The van der Waals surface area contributed by atoms with Crippen molar-refractivity contribution in [3.63, 3.8) is 0 Å². The lowest BCUT2D eigenvalue weighted by Crippen LogP contribution is -2.14. The molecule has 19 heavy (non-hydrogen) atoms. The zero-order chi connectivity index (χ0) is 13.7. The highest BCUT2D eigenvalue weighted by molar-refractivity contribution is 7.99. The number of pyridine rings is 1. The summed E-state index contributed by atoms with van der Waals surface area (Å²) in [5, 5.41) is 4.29. The van der Waals surface area contributed by atoms with Gasteiger partial charge in [-0.3, -0.25) is 4.79 Å². The standard InChI is InChI=1S/C14H13ClN2OS/c1-10-5-6-11(8-12(10)15)17-13(18)9-19-14-4-2-3-7-16-14/h2-8H,9H2,1H3,(H,17,18).